The van der Waals surface area contributed by atoms with E-state index in [0.717, 1.165) is 48.8 Å². The maximum atomic E-state index is 12.9. The number of amides is 1. The van der Waals surface area contributed by atoms with Crippen LogP contribution in [0.1, 0.15) is 28.8 Å². The molecule has 6 heteroatoms. The van der Waals surface area contributed by atoms with Crippen molar-refractivity contribution in [2.45, 2.75) is 19.8 Å². The van der Waals surface area contributed by atoms with Crippen LogP contribution in [0.3, 0.4) is 0 Å². The number of carbonyl (C=O) groups excluding carboxylic acids is 1. The van der Waals surface area contributed by atoms with Gasteiger partial charge in [-0.15, -0.1) is 10.2 Å². The molecule has 1 aliphatic carbocycles. The molecule has 154 valence electrons. The number of rotatable bonds is 5. The van der Waals surface area contributed by atoms with E-state index in [1.165, 1.54) is 19.4 Å². The van der Waals surface area contributed by atoms with Crippen molar-refractivity contribution in [2.24, 2.45) is 5.92 Å². The second kappa shape index (κ2) is 8.03. The zero-order valence-electron chi connectivity index (χ0n) is 17.3. The number of benzene rings is 2. The first-order valence-electron chi connectivity index (χ1n) is 10.7. The molecule has 0 radical (unpaired) electrons. The van der Waals surface area contributed by atoms with Crippen LogP contribution in [0.4, 0.5) is 0 Å². The number of aryl methyl sites for hydroxylation is 1. The smallest absolute Gasteiger partial charge is 0.253 e. The van der Waals surface area contributed by atoms with E-state index in [0.29, 0.717) is 17.3 Å². The van der Waals surface area contributed by atoms with Gasteiger partial charge in [-0.3, -0.25) is 9.69 Å². The first kappa shape index (κ1) is 19.0. The van der Waals surface area contributed by atoms with E-state index in [1.54, 1.807) is 0 Å². The van der Waals surface area contributed by atoms with Gasteiger partial charge in [0.15, 0.2) is 0 Å². The molecular formula is C24H26N4O2. The second-order valence-corrected chi connectivity index (χ2v) is 8.40. The molecule has 5 rings (SSSR count). The molecule has 1 saturated heterocycles. The van der Waals surface area contributed by atoms with Crippen molar-refractivity contribution in [1.82, 2.24) is 20.0 Å². The third-order valence-corrected chi connectivity index (χ3v) is 5.94. The lowest BCUT2D eigenvalue weighted by Crippen LogP contribution is -2.49. The van der Waals surface area contributed by atoms with E-state index < -0.39 is 0 Å². The number of piperazine rings is 1. The average molecular weight is 402 g/mol. The summed E-state index contributed by atoms with van der Waals surface area (Å²) in [4.78, 5) is 17.3. The van der Waals surface area contributed by atoms with Crippen LogP contribution in [-0.2, 0) is 0 Å². The summed E-state index contributed by atoms with van der Waals surface area (Å²) in [6.07, 6.45) is 2.75. The molecular weight excluding hydrogens is 376 g/mol. The SMILES string of the molecule is Cc1cccc(-c2nnc(-c3ccc(C(=O)N4CCN(CC5CC5)CC4)cc3)o2)c1. The average Bonchev–Trinajstić information content (AvgIpc) is 3.45. The van der Waals surface area contributed by atoms with Crippen LogP contribution >= 0.6 is 0 Å². The van der Waals surface area contributed by atoms with E-state index in [9.17, 15) is 4.79 Å². The van der Waals surface area contributed by atoms with Crippen molar-refractivity contribution >= 4 is 5.91 Å². The summed E-state index contributed by atoms with van der Waals surface area (Å²) in [7, 11) is 0. The van der Waals surface area contributed by atoms with Crippen LogP contribution in [0, 0.1) is 12.8 Å². The molecule has 0 atom stereocenters. The molecule has 6 nitrogen and oxygen atoms in total. The van der Waals surface area contributed by atoms with Gasteiger partial charge in [0, 0.05) is 49.4 Å². The standard InChI is InChI=1S/C24H26N4O2/c1-17-3-2-4-21(15-17)23-26-25-22(30-23)19-7-9-20(10-8-19)24(29)28-13-11-27(12-14-28)16-18-5-6-18/h2-4,7-10,15,18H,5-6,11-14,16H2,1H3. The van der Waals surface area contributed by atoms with Crippen molar-refractivity contribution in [3.8, 4) is 22.9 Å². The maximum Gasteiger partial charge on any atom is 0.253 e. The lowest BCUT2D eigenvalue weighted by Gasteiger charge is -2.34. The molecule has 0 unspecified atom stereocenters. The minimum atomic E-state index is 0.0959. The van der Waals surface area contributed by atoms with Crippen molar-refractivity contribution in [3.05, 3.63) is 59.7 Å². The highest BCUT2D eigenvalue weighted by atomic mass is 16.4. The minimum Gasteiger partial charge on any atom is -0.416 e. The molecule has 0 bridgehead atoms. The summed E-state index contributed by atoms with van der Waals surface area (Å²) in [5.41, 5.74) is 3.56. The largest absolute Gasteiger partial charge is 0.416 e. The summed E-state index contributed by atoms with van der Waals surface area (Å²) in [6, 6.07) is 15.4. The lowest BCUT2D eigenvalue weighted by atomic mass is 10.1. The van der Waals surface area contributed by atoms with Gasteiger partial charge >= 0.3 is 0 Å². The highest BCUT2D eigenvalue weighted by Gasteiger charge is 2.28. The quantitative estimate of drug-likeness (QED) is 0.648. The van der Waals surface area contributed by atoms with E-state index in [1.807, 2.05) is 60.4 Å². The summed E-state index contributed by atoms with van der Waals surface area (Å²) in [5.74, 6) is 1.95. The van der Waals surface area contributed by atoms with Gasteiger partial charge in [0.05, 0.1) is 0 Å². The van der Waals surface area contributed by atoms with Crippen LogP contribution in [-0.4, -0.2) is 58.6 Å². The molecule has 1 aromatic heterocycles. The molecule has 2 aromatic carbocycles. The van der Waals surface area contributed by atoms with Gasteiger partial charge in [-0.25, -0.2) is 0 Å². The summed E-state index contributed by atoms with van der Waals surface area (Å²) in [6.45, 7) is 6.79. The van der Waals surface area contributed by atoms with E-state index >= 15 is 0 Å². The Kier molecular flexibility index (Phi) is 5.09. The third kappa shape index (κ3) is 4.14. The monoisotopic (exact) mass is 402 g/mol. The molecule has 1 saturated carbocycles. The number of hydrogen-bond donors (Lipinski definition) is 0. The molecule has 30 heavy (non-hydrogen) atoms. The van der Waals surface area contributed by atoms with Crippen molar-refractivity contribution < 1.29 is 9.21 Å². The molecule has 1 aliphatic heterocycles. The van der Waals surface area contributed by atoms with Gasteiger partial charge in [-0.1, -0.05) is 17.7 Å². The maximum absolute atomic E-state index is 12.9. The lowest BCUT2D eigenvalue weighted by molar-refractivity contribution is 0.0632. The zero-order valence-corrected chi connectivity index (χ0v) is 17.3. The number of nitrogens with zero attached hydrogens (tertiary/aromatic N) is 4. The molecule has 0 spiro atoms. The molecule has 1 amide bonds. The van der Waals surface area contributed by atoms with Gasteiger partial charge in [0.25, 0.3) is 5.91 Å². The Labute approximate surface area is 176 Å². The Morgan fingerprint density at radius 2 is 1.67 bits per heavy atom. The van der Waals surface area contributed by atoms with Crippen LogP contribution in [0.25, 0.3) is 22.9 Å². The van der Waals surface area contributed by atoms with Gasteiger partial charge in [-0.2, -0.15) is 0 Å². The van der Waals surface area contributed by atoms with E-state index in [2.05, 4.69) is 15.1 Å². The molecule has 2 aliphatic rings. The van der Waals surface area contributed by atoms with Crippen molar-refractivity contribution in [2.75, 3.05) is 32.7 Å². The molecule has 0 N–H and O–H groups in total. The fraction of sp³-hybridized carbons (Fsp3) is 0.375. The predicted octanol–water partition coefficient (Wildman–Crippen LogP) is 3.88. The molecule has 3 aromatic rings. The topological polar surface area (TPSA) is 62.5 Å². The highest BCUT2D eigenvalue weighted by Crippen LogP contribution is 2.30. The van der Waals surface area contributed by atoms with Gasteiger partial charge in [-0.05, 0) is 62.1 Å². The van der Waals surface area contributed by atoms with Gasteiger partial charge in [0.1, 0.15) is 0 Å². The summed E-state index contributed by atoms with van der Waals surface area (Å²) >= 11 is 0. The fourth-order valence-electron chi connectivity index (χ4n) is 3.97. The first-order valence-corrected chi connectivity index (χ1v) is 10.7. The summed E-state index contributed by atoms with van der Waals surface area (Å²) < 4.78 is 5.85. The Hall–Kier alpha value is -2.99. The highest BCUT2D eigenvalue weighted by molar-refractivity contribution is 5.94. The van der Waals surface area contributed by atoms with Crippen LogP contribution in [0.15, 0.2) is 52.9 Å². The summed E-state index contributed by atoms with van der Waals surface area (Å²) in [5, 5.41) is 8.35. The third-order valence-electron chi connectivity index (χ3n) is 5.94. The second-order valence-electron chi connectivity index (χ2n) is 8.40. The van der Waals surface area contributed by atoms with Crippen LogP contribution < -0.4 is 0 Å². The number of aromatic nitrogens is 2. The Bertz CT molecular complexity index is 1030. The first-order chi connectivity index (χ1) is 14.7. The number of carbonyl (C=O) groups is 1. The van der Waals surface area contributed by atoms with Crippen LogP contribution in [0.2, 0.25) is 0 Å². The normalized spacial score (nSPS) is 17.3. The van der Waals surface area contributed by atoms with Gasteiger partial charge in [0.2, 0.25) is 11.8 Å². The van der Waals surface area contributed by atoms with Crippen molar-refractivity contribution in [1.29, 1.82) is 0 Å². The predicted molar refractivity (Wildman–Crippen MR) is 115 cm³/mol. The molecule has 2 fully saturated rings. The Morgan fingerprint density at radius 1 is 0.967 bits per heavy atom. The zero-order chi connectivity index (χ0) is 20.5. The van der Waals surface area contributed by atoms with Crippen LogP contribution in [0.5, 0.6) is 0 Å². The Balaban J connectivity index is 1.24. The number of hydrogen-bond acceptors (Lipinski definition) is 5. The van der Waals surface area contributed by atoms with Crippen molar-refractivity contribution in [3.63, 3.8) is 0 Å². The minimum absolute atomic E-state index is 0.0959. The van der Waals surface area contributed by atoms with E-state index in [4.69, 9.17) is 4.42 Å². The fourth-order valence-corrected chi connectivity index (χ4v) is 3.97. The molecule has 2 heterocycles. The van der Waals surface area contributed by atoms with Gasteiger partial charge < -0.3 is 9.32 Å². The van der Waals surface area contributed by atoms with E-state index in [-0.39, 0.29) is 5.91 Å². The Morgan fingerprint density at radius 3 is 2.33 bits per heavy atom.